The summed E-state index contributed by atoms with van der Waals surface area (Å²) in [7, 11) is 0. The van der Waals surface area contributed by atoms with Crippen LogP contribution < -0.4 is 9.47 Å². The SMILES string of the molecule is CCCCCCCCC(=O)Oc1c(Cl)c(Cl)c(OC(=O)CCCCCCCC)c2ccccc12. The number of esters is 2. The van der Waals surface area contributed by atoms with Gasteiger partial charge in [0.1, 0.15) is 10.0 Å². The van der Waals surface area contributed by atoms with E-state index in [9.17, 15) is 9.59 Å². The second-order valence-electron chi connectivity index (χ2n) is 8.82. The third-order valence-electron chi connectivity index (χ3n) is 5.91. The average Bonchev–Trinajstić information content (AvgIpc) is 2.84. The first-order valence-electron chi connectivity index (χ1n) is 12.8. The quantitative estimate of drug-likeness (QED) is 0.128. The summed E-state index contributed by atoms with van der Waals surface area (Å²) in [6, 6.07) is 7.21. The van der Waals surface area contributed by atoms with E-state index in [0.717, 1.165) is 38.5 Å². The molecule has 0 unspecified atom stereocenters. The number of hydrogen-bond acceptors (Lipinski definition) is 4. The Kier molecular flexibility index (Phi) is 13.4. The summed E-state index contributed by atoms with van der Waals surface area (Å²) in [5, 5.41) is 1.35. The third kappa shape index (κ3) is 9.11. The number of halogens is 2. The van der Waals surface area contributed by atoms with E-state index in [4.69, 9.17) is 32.7 Å². The molecular weight excluding hydrogens is 471 g/mol. The van der Waals surface area contributed by atoms with Gasteiger partial charge >= 0.3 is 11.9 Å². The Morgan fingerprint density at radius 2 is 0.971 bits per heavy atom. The zero-order valence-corrected chi connectivity index (χ0v) is 22.1. The summed E-state index contributed by atoms with van der Waals surface area (Å²) < 4.78 is 11.3. The first kappa shape index (κ1) is 28.5. The molecule has 0 radical (unpaired) electrons. The first-order chi connectivity index (χ1) is 16.5. The molecule has 2 aromatic rings. The molecule has 0 aliphatic heterocycles. The molecule has 6 heteroatoms. The smallest absolute Gasteiger partial charge is 0.311 e. The Morgan fingerprint density at radius 1 is 0.618 bits per heavy atom. The lowest BCUT2D eigenvalue weighted by molar-refractivity contribution is -0.135. The number of ether oxygens (including phenoxy) is 2. The van der Waals surface area contributed by atoms with Crippen LogP contribution in [-0.4, -0.2) is 11.9 Å². The fourth-order valence-electron chi connectivity index (χ4n) is 3.94. The van der Waals surface area contributed by atoms with Gasteiger partial charge in [-0.3, -0.25) is 9.59 Å². The van der Waals surface area contributed by atoms with Crippen molar-refractivity contribution in [1.29, 1.82) is 0 Å². The predicted octanol–water partition coefficient (Wildman–Crippen LogP) is 9.46. The topological polar surface area (TPSA) is 52.6 Å². The molecule has 0 aliphatic rings. The average molecular weight is 510 g/mol. The molecule has 0 amide bonds. The molecule has 2 aromatic carbocycles. The molecule has 188 valence electrons. The van der Waals surface area contributed by atoms with Gasteiger partial charge in [-0.2, -0.15) is 0 Å². The molecule has 0 saturated carbocycles. The first-order valence-corrected chi connectivity index (χ1v) is 13.6. The van der Waals surface area contributed by atoms with Crippen molar-refractivity contribution in [3.8, 4) is 11.5 Å². The van der Waals surface area contributed by atoms with Gasteiger partial charge in [0.05, 0.1) is 0 Å². The van der Waals surface area contributed by atoms with Gasteiger partial charge in [0, 0.05) is 23.6 Å². The van der Waals surface area contributed by atoms with Crippen LogP contribution in [0, 0.1) is 0 Å². The molecule has 0 N–H and O–H groups in total. The summed E-state index contributed by atoms with van der Waals surface area (Å²) >= 11 is 13.0. The zero-order valence-electron chi connectivity index (χ0n) is 20.6. The van der Waals surface area contributed by atoms with Crippen LogP contribution in [0.4, 0.5) is 0 Å². The van der Waals surface area contributed by atoms with Gasteiger partial charge in [-0.1, -0.05) is 126 Å². The van der Waals surface area contributed by atoms with Gasteiger partial charge in [-0.25, -0.2) is 0 Å². The number of rotatable bonds is 16. The standard InChI is InChI=1S/C28H38Cl2O4/c1-3-5-7-9-11-13-19-23(31)33-27-21-17-15-16-18-22(21)28(26(30)25(27)29)34-24(32)20-14-12-10-8-6-4-2/h15-18H,3-14,19-20H2,1-2H3. The monoisotopic (exact) mass is 508 g/mol. The van der Waals surface area contributed by atoms with Crippen molar-refractivity contribution in [3.05, 3.63) is 34.3 Å². The minimum Gasteiger partial charge on any atom is -0.424 e. The van der Waals surface area contributed by atoms with Crippen LogP contribution in [0.25, 0.3) is 10.8 Å². The van der Waals surface area contributed by atoms with E-state index in [1.807, 2.05) is 12.1 Å². The maximum atomic E-state index is 12.5. The number of unbranched alkanes of at least 4 members (excludes halogenated alkanes) is 10. The minimum absolute atomic E-state index is 0.0824. The molecule has 4 nitrogen and oxygen atoms in total. The molecule has 2 rings (SSSR count). The van der Waals surface area contributed by atoms with Crippen LogP contribution in [0.3, 0.4) is 0 Å². The molecular formula is C28H38Cl2O4. The Morgan fingerprint density at radius 3 is 1.35 bits per heavy atom. The maximum Gasteiger partial charge on any atom is 0.311 e. The molecule has 0 atom stereocenters. The second-order valence-corrected chi connectivity index (χ2v) is 9.57. The van der Waals surface area contributed by atoms with E-state index >= 15 is 0 Å². The summed E-state index contributed by atoms with van der Waals surface area (Å²) in [5.74, 6) is -0.249. The Labute approximate surface area is 214 Å². The van der Waals surface area contributed by atoms with Crippen LogP contribution in [0.5, 0.6) is 11.5 Å². The molecule has 0 heterocycles. The van der Waals surface area contributed by atoms with Crippen molar-refractivity contribution in [3.63, 3.8) is 0 Å². The number of carbonyl (C=O) groups is 2. The molecule has 0 aliphatic carbocycles. The Bertz CT molecular complexity index is 852. The maximum absolute atomic E-state index is 12.5. The van der Waals surface area contributed by atoms with E-state index in [1.54, 1.807) is 12.1 Å². The van der Waals surface area contributed by atoms with Gasteiger partial charge in [0.2, 0.25) is 0 Å². The van der Waals surface area contributed by atoms with Crippen molar-refractivity contribution in [1.82, 2.24) is 0 Å². The zero-order chi connectivity index (χ0) is 24.8. The van der Waals surface area contributed by atoms with E-state index in [0.29, 0.717) is 23.6 Å². The highest BCUT2D eigenvalue weighted by molar-refractivity contribution is 6.45. The van der Waals surface area contributed by atoms with Crippen LogP contribution in [0.15, 0.2) is 24.3 Å². The summed E-state index contributed by atoms with van der Waals surface area (Å²) in [6.45, 7) is 4.36. The molecule has 0 bridgehead atoms. The number of fused-ring (bicyclic) bond motifs is 1. The third-order valence-corrected chi connectivity index (χ3v) is 6.73. The van der Waals surface area contributed by atoms with Crippen molar-refractivity contribution in [2.24, 2.45) is 0 Å². The number of carbonyl (C=O) groups excluding carboxylic acids is 2. The van der Waals surface area contributed by atoms with Crippen LogP contribution >= 0.6 is 23.2 Å². The fourth-order valence-corrected chi connectivity index (χ4v) is 4.40. The van der Waals surface area contributed by atoms with E-state index in [-0.39, 0.29) is 33.5 Å². The van der Waals surface area contributed by atoms with E-state index in [1.165, 1.54) is 38.5 Å². The fraction of sp³-hybridized carbons (Fsp3) is 0.571. The van der Waals surface area contributed by atoms with Crippen molar-refractivity contribution in [2.45, 2.75) is 104 Å². The highest BCUT2D eigenvalue weighted by Gasteiger charge is 2.23. The Hall–Kier alpha value is -1.78. The summed E-state index contributed by atoms with van der Waals surface area (Å²) in [4.78, 5) is 24.9. The Balaban J connectivity index is 2.05. The molecule has 0 aromatic heterocycles. The van der Waals surface area contributed by atoms with Gasteiger partial charge < -0.3 is 9.47 Å². The van der Waals surface area contributed by atoms with E-state index in [2.05, 4.69) is 13.8 Å². The molecule has 34 heavy (non-hydrogen) atoms. The van der Waals surface area contributed by atoms with Crippen molar-refractivity contribution in [2.75, 3.05) is 0 Å². The lowest BCUT2D eigenvalue weighted by atomic mass is 10.1. The number of benzene rings is 2. The predicted molar refractivity (Wildman–Crippen MR) is 141 cm³/mol. The highest BCUT2D eigenvalue weighted by atomic mass is 35.5. The molecule has 0 saturated heterocycles. The van der Waals surface area contributed by atoms with Crippen LogP contribution in [0.1, 0.15) is 104 Å². The normalized spacial score (nSPS) is 11.1. The van der Waals surface area contributed by atoms with Crippen molar-refractivity contribution < 1.29 is 19.1 Å². The highest BCUT2D eigenvalue weighted by Crippen LogP contribution is 2.47. The van der Waals surface area contributed by atoms with Gasteiger partial charge in [-0.05, 0) is 12.8 Å². The largest absolute Gasteiger partial charge is 0.424 e. The van der Waals surface area contributed by atoms with Gasteiger partial charge in [0.15, 0.2) is 11.5 Å². The van der Waals surface area contributed by atoms with Gasteiger partial charge in [0.25, 0.3) is 0 Å². The lowest BCUT2D eigenvalue weighted by Crippen LogP contribution is -2.11. The second kappa shape index (κ2) is 16.0. The van der Waals surface area contributed by atoms with Crippen LogP contribution in [-0.2, 0) is 9.59 Å². The van der Waals surface area contributed by atoms with E-state index < -0.39 is 0 Å². The lowest BCUT2D eigenvalue weighted by Gasteiger charge is -2.16. The molecule has 0 spiro atoms. The van der Waals surface area contributed by atoms with Crippen molar-refractivity contribution >= 4 is 45.9 Å². The number of hydrogen-bond donors (Lipinski definition) is 0. The van der Waals surface area contributed by atoms with Gasteiger partial charge in [-0.15, -0.1) is 0 Å². The minimum atomic E-state index is -0.341. The molecule has 0 fully saturated rings. The summed E-state index contributed by atoms with van der Waals surface area (Å²) in [6.07, 6.45) is 13.7. The van der Waals surface area contributed by atoms with Crippen LogP contribution in [0.2, 0.25) is 10.0 Å². The summed E-state index contributed by atoms with van der Waals surface area (Å²) in [5.41, 5.74) is 0.